The van der Waals surface area contributed by atoms with E-state index in [4.69, 9.17) is 22.4 Å². The molecule has 100 valence electrons. The number of hydrogen-bond acceptors (Lipinski definition) is 3. The van der Waals surface area contributed by atoms with Gasteiger partial charge in [-0.2, -0.15) is 0 Å². The maximum absolute atomic E-state index is 10.8. The minimum absolute atomic E-state index is 0.301. The van der Waals surface area contributed by atoms with Gasteiger partial charge in [-0.3, -0.25) is 4.79 Å². The largest absolute Gasteiger partial charge is 0.480 e. The van der Waals surface area contributed by atoms with Crippen LogP contribution in [0.3, 0.4) is 0 Å². The van der Waals surface area contributed by atoms with Gasteiger partial charge in [-0.15, -0.1) is 0 Å². The van der Waals surface area contributed by atoms with Gasteiger partial charge in [0.05, 0.1) is 5.52 Å². The molecule has 19 heavy (non-hydrogen) atoms. The Bertz CT molecular complexity index is 628. The van der Waals surface area contributed by atoms with E-state index in [1.807, 2.05) is 31.2 Å². The van der Waals surface area contributed by atoms with E-state index in [2.05, 4.69) is 4.98 Å². The molecular weight excluding hydrogens is 264 g/mol. The zero-order chi connectivity index (χ0) is 14.0. The predicted molar refractivity (Wildman–Crippen MR) is 75.4 cm³/mol. The Morgan fingerprint density at radius 3 is 2.84 bits per heavy atom. The van der Waals surface area contributed by atoms with E-state index in [9.17, 15) is 4.79 Å². The molecule has 0 aliphatic carbocycles. The van der Waals surface area contributed by atoms with Crippen molar-refractivity contribution in [1.29, 1.82) is 0 Å². The molecule has 0 amide bonds. The average molecular weight is 279 g/mol. The first kappa shape index (κ1) is 13.8. The van der Waals surface area contributed by atoms with Crippen LogP contribution in [0.1, 0.15) is 18.1 Å². The number of aryl methyl sites for hydroxylation is 1. The lowest BCUT2D eigenvalue weighted by Gasteiger charge is -2.08. The highest BCUT2D eigenvalue weighted by atomic mass is 35.5. The highest BCUT2D eigenvalue weighted by Crippen LogP contribution is 2.22. The van der Waals surface area contributed by atoms with E-state index in [0.29, 0.717) is 11.6 Å². The summed E-state index contributed by atoms with van der Waals surface area (Å²) in [5.74, 6) is -0.997. The van der Waals surface area contributed by atoms with E-state index >= 15 is 0 Å². The van der Waals surface area contributed by atoms with Gasteiger partial charge in [0.2, 0.25) is 0 Å². The maximum atomic E-state index is 10.8. The summed E-state index contributed by atoms with van der Waals surface area (Å²) in [4.78, 5) is 15.1. The molecule has 0 fully saturated rings. The standard InChI is InChI=1S/C14H15ClN2O2/c1-2-9-7-10-5-8(6-11(16)14(18)19)3-4-12(10)17-13(9)15/h3-5,7,11H,2,6,16H2,1H3,(H,18,19). The third-order valence-corrected chi connectivity index (χ3v) is 3.39. The Kier molecular flexibility index (Phi) is 4.02. The van der Waals surface area contributed by atoms with Crippen molar-refractivity contribution in [2.24, 2.45) is 5.73 Å². The second kappa shape index (κ2) is 5.55. The minimum Gasteiger partial charge on any atom is -0.480 e. The number of pyridine rings is 1. The van der Waals surface area contributed by atoms with Gasteiger partial charge in [0, 0.05) is 5.39 Å². The van der Waals surface area contributed by atoms with Crippen molar-refractivity contribution >= 4 is 28.5 Å². The van der Waals surface area contributed by atoms with Gasteiger partial charge >= 0.3 is 5.97 Å². The average Bonchev–Trinajstić information content (AvgIpc) is 2.38. The third-order valence-electron chi connectivity index (χ3n) is 3.06. The molecule has 1 atom stereocenters. The molecule has 0 aliphatic rings. The highest BCUT2D eigenvalue weighted by Gasteiger charge is 2.12. The van der Waals surface area contributed by atoms with Crippen LogP contribution in [0.2, 0.25) is 5.15 Å². The molecule has 1 aromatic carbocycles. The van der Waals surface area contributed by atoms with Crippen molar-refractivity contribution in [3.63, 3.8) is 0 Å². The second-order valence-electron chi connectivity index (χ2n) is 4.47. The quantitative estimate of drug-likeness (QED) is 0.842. The Morgan fingerprint density at radius 2 is 2.21 bits per heavy atom. The summed E-state index contributed by atoms with van der Waals surface area (Å²) in [5.41, 5.74) is 8.20. The summed E-state index contributed by atoms with van der Waals surface area (Å²) < 4.78 is 0. The van der Waals surface area contributed by atoms with Gasteiger partial charge in [0.1, 0.15) is 11.2 Å². The molecule has 3 N–H and O–H groups in total. The van der Waals surface area contributed by atoms with Gasteiger partial charge < -0.3 is 10.8 Å². The lowest BCUT2D eigenvalue weighted by atomic mass is 10.0. The van der Waals surface area contributed by atoms with Gasteiger partial charge in [-0.1, -0.05) is 24.6 Å². The van der Waals surface area contributed by atoms with E-state index < -0.39 is 12.0 Å². The van der Waals surface area contributed by atoms with Gasteiger partial charge in [0.25, 0.3) is 0 Å². The number of rotatable bonds is 4. The van der Waals surface area contributed by atoms with E-state index in [0.717, 1.165) is 28.5 Å². The molecule has 0 spiro atoms. The zero-order valence-corrected chi connectivity index (χ0v) is 11.3. The van der Waals surface area contributed by atoms with Crippen LogP contribution in [0.5, 0.6) is 0 Å². The Balaban J connectivity index is 2.39. The molecule has 5 heteroatoms. The number of hydrogen-bond donors (Lipinski definition) is 2. The highest BCUT2D eigenvalue weighted by molar-refractivity contribution is 6.30. The molecule has 0 aliphatic heterocycles. The zero-order valence-electron chi connectivity index (χ0n) is 10.6. The number of halogens is 1. The maximum Gasteiger partial charge on any atom is 0.320 e. The lowest BCUT2D eigenvalue weighted by molar-refractivity contribution is -0.138. The third kappa shape index (κ3) is 3.03. The SMILES string of the molecule is CCc1cc2cc(CC(N)C(=O)O)ccc2nc1Cl. The first-order chi connectivity index (χ1) is 9.01. The van der Waals surface area contributed by atoms with Crippen LogP contribution in [-0.2, 0) is 17.6 Å². The summed E-state index contributed by atoms with van der Waals surface area (Å²) in [6, 6.07) is 6.69. The van der Waals surface area contributed by atoms with Crippen LogP contribution in [0.4, 0.5) is 0 Å². The van der Waals surface area contributed by atoms with Crippen LogP contribution in [0, 0.1) is 0 Å². The van der Waals surface area contributed by atoms with Crippen LogP contribution in [-0.4, -0.2) is 22.1 Å². The summed E-state index contributed by atoms with van der Waals surface area (Å²) in [7, 11) is 0. The Labute approximate surface area is 116 Å². The number of nitrogens with zero attached hydrogens (tertiary/aromatic N) is 1. The molecule has 2 rings (SSSR count). The van der Waals surface area contributed by atoms with E-state index in [1.165, 1.54) is 0 Å². The van der Waals surface area contributed by atoms with Crippen LogP contribution in [0.15, 0.2) is 24.3 Å². The van der Waals surface area contributed by atoms with Crippen molar-refractivity contribution in [3.05, 3.63) is 40.5 Å². The van der Waals surface area contributed by atoms with Crippen LogP contribution >= 0.6 is 11.6 Å². The van der Waals surface area contributed by atoms with Gasteiger partial charge in [0.15, 0.2) is 0 Å². The molecule has 1 unspecified atom stereocenters. The molecule has 0 radical (unpaired) electrons. The predicted octanol–water partition coefficient (Wildman–Crippen LogP) is 2.41. The molecule has 0 saturated heterocycles. The Hall–Kier alpha value is -1.65. The van der Waals surface area contributed by atoms with E-state index in [1.54, 1.807) is 0 Å². The van der Waals surface area contributed by atoms with Gasteiger partial charge in [-0.25, -0.2) is 4.98 Å². The summed E-state index contributed by atoms with van der Waals surface area (Å²) in [6.45, 7) is 2.01. The molecule has 0 bridgehead atoms. The second-order valence-corrected chi connectivity index (χ2v) is 4.83. The number of carbonyl (C=O) groups is 1. The molecule has 1 aromatic heterocycles. The van der Waals surface area contributed by atoms with Crippen LogP contribution < -0.4 is 5.73 Å². The number of fused-ring (bicyclic) bond motifs is 1. The molecule has 0 saturated carbocycles. The molecule has 4 nitrogen and oxygen atoms in total. The van der Waals surface area contributed by atoms with Crippen molar-refractivity contribution in [2.75, 3.05) is 0 Å². The van der Waals surface area contributed by atoms with Crippen molar-refractivity contribution in [3.8, 4) is 0 Å². The van der Waals surface area contributed by atoms with Gasteiger partial charge in [-0.05, 0) is 42.2 Å². The number of benzene rings is 1. The Morgan fingerprint density at radius 1 is 1.47 bits per heavy atom. The smallest absolute Gasteiger partial charge is 0.320 e. The molecular formula is C14H15ClN2O2. The fourth-order valence-electron chi connectivity index (χ4n) is 1.96. The van der Waals surface area contributed by atoms with Crippen molar-refractivity contribution in [1.82, 2.24) is 4.98 Å². The topological polar surface area (TPSA) is 76.2 Å². The normalized spacial score (nSPS) is 12.6. The summed E-state index contributed by atoms with van der Waals surface area (Å²) >= 11 is 6.06. The fourth-order valence-corrected chi connectivity index (χ4v) is 2.24. The molecule has 1 heterocycles. The number of nitrogens with two attached hydrogens (primary N) is 1. The first-order valence-electron chi connectivity index (χ1n) is 6.07. The summed E-state index contributed by atoms with van der Waals surface area (Å²) in [6.07, 6.45) is 1.11. The number of carboxylic acids is 1. The minimum atomic E-state index is -0.997. The van der Waals surface area contributed by atoms with Crippen molar-refractivity contribution in [2.45, 2.75) is 25.8 Å². The monoisotopic (exact) mass is 278 g/mol. The fraction of sp³-hybridized carbons (Fsp3) is 0.286. The van der Waals surface area contributed by atoms with Crippen molar-refractivity contribution < 1.29 is 9.90 Å². The number of aromatic nitrogens is 1. The summed E-state index contributed by atoms with van der Waals surface area (Å²) in [5, 5.41) is 10.3. The first-order valence-corrected chi connectivity index (χ1v) is 6.45. The van der Waals surface area contributed by atoms with Crippen LogP contribution in [0.25, 0.3) is 10.9 Å². The molecule has 2 aromatic rings. The number of aliphatic carboxylic acids is 1. The lowest BCUT2D eigenvalue weighted by Crippen LogP contribution is -2.32. The number of carboxylic acid groups (broad SMARTS) is 1. The van der Waals surface area contributed by atoms with E-state index in [-0.39, 0.29) is 0 Å².